The van der Waals surface area contributed by atoms with Gasteiger partial charge in [0.2, 0.25) is 5.91 Å². The molecule has 1 aliphatic heterocycles. The van der Waals surface area contributed by atoms with Gasteiger partial charge in [0, 0.05) is 5.56 Å². The number of hydrogen-bond acceptors (Lipinski definition) is 7. The fourth-order valence-electron chi connectivity index (χ4n) is 2.02. The van der Waals surface area contributed by atoms with Crippen LogP contribution in [-0.2, 0) is 9.59 Å². The number of rotatable bonds is 5. The standard InChI is InChI=1S/C15H12N4O4S/c20-13(21)5-12-14(22)18-15(24-12)19-17-6-9-2-1-3-10(4-9)11-7-16-8-23-11/h1-4,6-8,12H,5H2,(H,20,21)(H,18,19,22). The molecule has 1 fully saturated rings. The van der Waals surface area contributed by atoms with Gasteiger partial charge in [0.15, 0.2) is 17.3 Å². The minimum absolute atomic E-state index is 0.252. The summed E-state index contributed by atoms with van der Waals surface area (Å²) in [5.74, 6) is -0.757. The number of aromatic nitrogens is 1. The predicted octanol–water partition coefficient (Wildman–Crippen LogP) is 1.74. The van der Waals surface area contributed by atoms with E-state index >= 15 is 0 Å². The molecule has 1 amide bonds. The van der Waals surface area contributed by atoms with Crippen LogP contribution < -0.4 is 5.32 Å². The van der Waals surface area contributed by atoms with Gasteiger partial charge in [-0.05, 0) is 11.6 Å². The van der Waals surface area contributed by atoms with E-state index in [-0.39, 0.29) is 17.5 Å². The summed E-state index contributed by atoms with van der Waals surface area (Å²) >= 11 is 1.05. The number of amidine groups is 1. The lowest BCUT2D eigenvalue weighted by atomic mass is 10.1. The number of nitrogens with zero attached hydrogens (tertiary/aromatic N) is 3. The Hall–Kier alpha value is -2.94. The minimum atomic E-state index is -1.03. The Kier molecular flexibility index (Phi) is 4.71. The third-order valence-electron chi connectivity index (χ3n) is 3.10. The van der Waals surface area contributed by atoms with E-state index in [1.165, 1.54) is 12.6 Å². The highest BCUT2D eigenvalue weighted by molar-refractivity contribution is 8.15. The van der Waals surface area contributed by atoms with Gasteiger partial charge in [0.1, 0.15) is 5.25 Å². The first-order valence-electron chi connectivity index (χ1n) is 6.91. The molecule has 0 aliphatic carbocycles. The van der Waals surface area contributed by atoms with Crippen molar-refractivity contribution in [3.05, 3.63) is 42.4 Å². The van der Waals surface area contributed by atoms with Gasteiger partial charge in [-0.15, -0.1) is 5.10 Å². The van der Waals surface area contributed by atoms with Gasteiger partial charge in [0.25, 0.3) is 0 Å². The zero-order valence-corrected chi connectivity index (χ0v) is 13.1. The number of oxazole rings is 1. The maximum atomic E-state index is 11.6. The van der Waals surface area contributed by atoms with Crippen LogP contribution in [-0.4, -0.2) is 38.6 Å². The molecular formula is C15H12N4O4S. The monoisotopic (exact) mass is 344 g/mol. The molecule has 122 valence electrons. The van der Waals surface area contributed by atoms with Gasteiger partial charge in [-0.3, -0.25) is 9.59 Å². The number of nitrogens with one attached hydrogen (secondary N) is 1. The number of aliphatic carboxylic acids is 1. The number of carbonyl (C=O) groups is 2. The second kappa shape index (κ2) is 7.09. The average Bonchev–Trinajstić information content (AvgIpc) is 3.18. The molecule has 24 heavy (non-hydrogen) atoms. The number of amides is 1. The van der Waals surface area contributed by atoms with Gasteiger partial charge >= 0.3 is 5.97 Å². The highest BCUT2D eigenvalue weighted by atomic mass is 32.2. The van der Waals surface area contributed by atoms with Crippen molar-refractivity contribution >= 4 is 35.0 Å². The van der Waals surface area contributed by atoms with Gasteiger partial charge in [-0.1, -0.05) is 30.0 Å². The molecule has 2 N–H and O–H groups in total. The molecule has 0 bridgehead atoms. The summed E-state index contributed by atoms with van der Waals surface area (Å²) in [6.07, 6.45) is 4.25. The van der Waals surface area contributed by atoms with Gasteiger partial charge < -0.3 is 14.8 Å². The number of carboxylic acid groups (broad SMARTS) is 1. The van der Waals surface area contributed by atoms with Crippen molar-refractivity contribution < 1.29 is 19.1 Å². The van der Waals surface area contributed by atoms with Crippen molar-refractivity contribution in [3.63, 3.8) is 0 Å². The SMILES string of the molecule is O=C(O)CC1SC(=NN=Cc2cccc(-c3cnco3)c2)NC1=O. The summed E-state index contributed by atoms with van der Waals surface area (Å²) in [6.45, 7) is 0. The quantitative estimate of drug-likeness (QED) is 0.630. The Labute approximate surface area is 140 Å². The smallest absolute Gasteiger partial charge is 0.305 e. The summed E-state index contributed by atoms with van der Waals surface area (Å²) in [7, 11) is 0. The third-order valence-corrected chi connectivity index (χ3v) is 4.17. The molecule has 1 unspecified atom stereocenters. The lowest BCUT2D eigenvalue weighted by molar-refractivity contribution is -0.138. The molecule has 1 atom stereocenters. The van der Waals surface area contributed by atoms with Crippen LogP contribution in [0.3, 0.4) is 0 Å². The largest absolute Gasteiger partial charge is 0.481 e. The van der Waals surface area contributed by atoms with E-state index in [1.807, 2.05) is 24.3 Å². The van der Waals surface area contributed by atoms with Crippen LogP contribution in [0, 0.1) is 0 Å². The minimum Gasteiger partial charge on any atom is -0.481 e. The van der Waals surface area contributed by atoms with Crippen LogP contribution in [0.5, 0.6) is 0 Å². The summed E-state index contributed by atoms with van der Waals surface area (Å²) in [5.41, 5.74) is 1.65. The molecule has 2 aromatic rings. The van der Waals surface area contributed by atoms with E-state index in [4.69, 9.17) is 9.52 Å². The van der Waals surface area contributed by atoms with Crippen LogP contribution in [0.25, 0.3) is 11.3 Å². The highest BCUT2D eigenvalue weighted by Gasteiger charge is 2.32. The summed E-state index contributed by atoms with van der Waals surface area (Å²) in [6, 6.07) is 7.43. The molecule has 0 radical (unpaired) electrons. The average molecular weight is 344 g/mol. The van der Waals surface area contributed by atoms with Crippen LogP contribution in [0.15, 0.2) is 51.5 Å². The first-order valence-corrected chi connectivity index (χ1v) is 7.79. The maximum absolute atomic E-state index is 11.6. The second-order valence-corrected chi connectivity index (χ2v) is 6.03. The summed E-state index contributed by atoms with van der Waals surface area (Å²) in [5, 5.41) is 18.7. The van der Waals surface area contributed by atoms with Crippen LogP contribution in [0.4, 0.5) is 0 Å². The van der Waals surface area contributed by atoms with Gasteiger partial charge in [-0.25, -0.2) is 4.98 Å². The van der Waals surface area contributed by atoms with E-state index < -0.39 is 11.2 Å². The number of benzene rings is 1. The van der Waals surface area contributed by atoms with Crippen molar-refractivity contribution in [1.82, 2.24) is 10.3 Å². The third kappa shape index (κ3) is 3.87. The Balaban J connectivity index is 1.67. The molecule has 1 aliphatic rings. The first kappa shape index (κ1) is 15.9. The molecule has 1 saturated heterocycles. The number of carboxylic acids is 1. The van der Waals surface area contributed by atoms with E-state index in [1.54, 1.807) is 6.20 Å². The van der Waals surface area contributed by atoms with Crippen molar-refractivity contribution in [2.45, 2.75) is 11.7 Å². The first-order chi connectivity index (χ1) is 11.6. The van der Waals surface area contributed by atoms with Gasteiger partial charge in [-0.2, -0.15) is 5.10 Å². The lowest BCUT2D eigenvalue weighted by Crippen LogP contribution is -2.26. The van der Waals surface area contributed by atoms with Crippen molar-refractivity contribution in [2.24, 2.45) is 10.2 Å². The van der Waals surface area contributed by atoms with Crippen molar-refractivity contribution in [1.29, 1.82) is 0 Å². The molecule has 0 spiro atoms. The molecule has 3 rings (SSSR count). The number of carbonyl (C=O) groups excluding carboxylic acids is 1. The predicted molar refractivity (Wildman–Crippen MR) is 88.7 cm³/mol. The molecule has 1 aromatic heterocycles. The van der Waals surface area contributed by atoms with E-state index in [0.29, 0.717) is 5.76 Å². The summed E-state index contributed by atoms with van der Waals surface area (Å²) < 4.78 is 5.23. The van der Waals surface area contributed by atoms with Crippen molar-refractivity contribution in [2.75, 3.05) is 0 Å². The Morgan fingerprint density at radius 3 is 3.12 bits per heavy atom. The van der Waals surface area contributed by atoms with E-state index in [0.717, 1.165) is 22.9 Å². The lowest BCUT2D eigenvalue weighted by Gasteiger charge is -1.98. The zero-order valence-electron chi connectivity index (χ0n) is 12.2. The molecule has 9 heteroatoms. The molecule has 1 aromatic carbocycles. The fourth-order valence-corrected chi connectivity index (χ4v) is 2.94. The molecule has 0 saturated carbocycles. The number of hydrogen-bond donors (Lipinski definition) is 2. The molecule has 2 heterocycles. The maximum Gasteiger partial charge on any atom is 0.305 e. The van der Waals surface area contributed by atoms with E-state index in [9.17, 15) is 9.59 Å². The Morgan fingerprint density at radius 1 is 1.50 bits per heavy atom. The Morgan fingerprint density at radius 2 is 2.38 bits per heavy atom. The zero-order chi connectivity index (χ0) is 16.9. The fraction of sp³-hybridized carbons (Fsp3) is 0.133. The van der Waals surface area contributed by atoms with Gasteiger partial charge in [0.05, 0.1) is 18.8 Å². The highest BCUT2D eigenvalue weighted by Crippen LogP contribution is 2.22. The second-order valence-electron chi connectivity index (χ2n) is 4.83. The summed E-state index contributed by atoms with van der Waals surface area (Å²) in [4.78, 5) is 26.1. The topological polar surface area (TPSA) is 117 Å². The van der Waals surface area contributed by atoms with Crippen LogP contribution in [0.2, 0.25) is 0 Å². The number of thioether (sulfide) groups is 1. The molecular weight excluding hydrogens is 332 g/mol. The normalized spacial score (nSPS) is 19.1. The Bertz CT molecular complexity index is 817. The van der Waals surface area contributed by atoms with Crippen LogP contribution in [0.1, 0.15) is 12.0 Å². The van der Waals surface area contributed by atoms with E-state index in [2.05, 4.69) is 20.5 Å². The van der Waals surface area contributed by atoms with Crippen molar-refractivity contribution in [3.8, 4) is 11.3 Å². The molecule has 8 nitrogen and oxygen atoms in total. The van der Waals surface area contributed by atoms with Crippen LogP contribution >= 0.6 is 11.8 Å².